The molecule has 296 valence electrons. The molecule has 0 saturated carbocycles. The summed E-state index contributed by atoms with van der Waals surface area (Å²) >= 11 is 3.26. The summed E-state index contributed by atoms with van der Waals surface area (Å²) < 4.78 is 53.0. The molecule has 56 heavy (non-hydrogen) atoms. The predicted octanol–water partition coefficient (Wildman–Crippen LogP) is 7.86. The first kappa shape index (κ1) is 41.8. The van der Waals surface area contributed by atoms with Crippen LogP contribution < -0.4 is 14.5 Å². The van der Waals surface area contributed by atoms with Crippen molar-refractivity contribution in [2.45, 2.75) is 32.9 Å². The van der Waals surface area contributed by atoms with Crippen LogP contribution in [0.15, 0.2) is 102 Å². The molecular formula is C42H46BrF2N5O6. The summed E-state index contributed by atoms with van der Waals surface area (Å²) in [4.78, 5) is 31.3. The van der Waals surface area contributed by atoms with Gasteiger partial charge in [-0.15, -0.1) is 0 Å². The van der Waals surface area contributed by atoms with Gasteiger partial charge in [0.2, 0.25) is 0 Å². The number of benzene rings is 4. The number of hydrogen-bond donors (Lipinski definition) is 0. The second kappa shape index (κ2) is 19.0. The molecule has 2 saturated heterocycles. The average Bonchev–Trinajstić information content (AvgIpc) is 3.88. The molecule has 2 aliphatic rings. The second-order valence-corrected chi connectivity index (χ2v) is 14.3. The van der Waals surface area contributed by atoms with E-state index in [1.807, 2.05) is 25.1 Å². The van der Waals surface area contributed by atoms with Crippen molar-refractivity contribution in [3.8, 4) is 5.75 Å². The van der Waals surface area contributed by atoms with E-state index in [1.54, 1.807) is 47.4 Å². The minimum Gasteiger partial charge on any atom is -0.493 e. The van der Waals surface area contributed by atoms with Crippen molar-refractivity contribution in [2.24, 2.45) is 5.92 Å². The molecule has 0 unspecified atom stereocenters. The van der Waals surface area contributed by atoms with Gasteiger partial charge in [-0.25, -0.2) is 28.0 Å². The topological polar surface area (TPSA) is 108 Å². The number of aromatic nitrogens is 3. The third-order valence-corrected chi connectivity index (χ3v) is 10.2. The Bertz CT molecular complexity index is 2060. The minimum absolute atomic E-state index is 0. The Labute approximate surface area is 334 Å². The van der Waals surface area contributed by atoms with Gasteiger partial charge >= 0.3 is 11.9 Å². The molecule has 5 aromatic rings. The van der Waals surface area contributed by atoms with E-state index < -0.39 is 17.2 Å². The summed E-state index contributed by atoms with van der Waals surface area (Å²) in [6.07, 6.45) is 3.47. The first-order valence-corrected chi connectivity index (χ1v) is 18.5. The highest BCUT2D eigenvalue weighted by molar-refractivity contribution is 9.10. The maximum Gasteiger partial charge on any atom is 0.337 e. The number of carbonyl (C=O) groups is 2. The molecule has 0 amide bonds. The fourth-order valence-electron chi connectivity index (χ4n) is 6.84. The standard InChI is InChI=1S/C33H35F2N5O4.C8H7BrO2.CH4/c1-23-15-28(39-13-11-38(12-14-39)27-6-3-25(4-7-27)32(41)42-2)8-10-31(23)43-18-24-17-33(44-19-24,20-40-22-36-21-37-40)29-9-5-26(34)16-30(29)35;1-11-8(10)6-2-4-7(9)5-3-6;/h3-10,15-16,21-22,24H,11-14,17-20H2,1-2H3;2-5H,1H3;1H4/t24-,33+;;/m1../s1. The summed E-state index contributed by atoms with van der Waals surface area (Å²) in [5.74, 6) is -1.13. The Morgan fingerprint density at radius 3 is 2.04 bits per heavy atom. The van der Waals surface area contributed by atoms with Crippen LogP contribution in [0, 0.1) is 24.5 Å². The molecule has 0 N–H and O–H groups in total. The first-order chi connectivity index (χ1) is 26.6. The molecule has 1 aromatic heterocycles. The van der Waals surface area contributed by atoms with Crippen LogP contribution in [0.2, 0.25) is 0 Å². The van der Waals surface area contributed by atoms with Crippen LogP contribution in [0.3, 0.4) is 0 Å². The predicted molar refractivity (Wildman–Crippen MR) is 213 cm³/mol. The number of ether oxygens (including phenoxy) is 4. The SMILES string of the molecule is C.COC(=O)c1ccc(Br)cc1.COC(=O)c1ccc(N2CCN(c3ccc(OC[C@@H]4CO[C@@](Cn5cncn5)(c5ccc(F)cc5F)C4)c(C)c3)CC2)cc1. The van der Waals surface area contributed by atoms with Crippen LogP contribution in [0.25, 0.3) is 0 Å². The molecule has 4 aromatic carbocycles. The average molecular weight is 835 g/mol. The van der Waals surface area contributed by atoms with Gasteiger partial charge in [0.15, 0.2) is 0 Å². The maximum absolute atomic E-state index is 14.9. The molecule has 2 aliphatic heterocycles. The lowest BCUT2D eigenvalue weighted by Gasteiger charge is -2.37. The van der Waals surface area contributed by atoms with E-state index in [4.69, 9.17) is 14.2 Å². The number of carbonyl (C=O) groups excluding carboxylic acids is 2. The number of hydrogen-bond acceptors (Lipinski definition) is 10. The lowest BCUT2D eigenvalue weighted by atomic mass is 9.87. The fraction of sp³-hybridized carbons (Fsp3) is 0.333. The molecule has 0 spiro atoms. The molecule has 2 fully saturated rings. The number of piperazine rings is 1. The highest BCUT2D eigenvalue weighted by atomic mass is 79.9. The van der Waals surface area contributed by atoms with Gasteiger partial charge in [0.1, 0.15) is 35.6 Å². The molecule has 2 atom stereocenters. The second-order valence-electron chi connectivity index (χ2n) is 13.4. The van der Waals surface area contributed by atoms with Gasteiger partial charge in [0, 0.05) is 59.6 Å². The number of halogens is 3. The minimum atomic E-state index is -1.01. The van der Waals surface area contributed by atoms with Crippen molar-refractivity contribution in [1.82, 2.24) is 14.8 Å². The van der Waals surface area contributed by atoms with Gasteiger partial charge in [-0.05, 0) is 91.7 Å². The fourth-order valence-corrected chi connectivity index (χ4v) is 7.10. The molecule has 14 heteroatoms. The smallest absolute Gasteiger partial charge is 0.337 e. The zero-order valence-electron chi connectivity index (χ0n) is 30.8. The van der Waals surface area contributed by atoms with Gasteiger partial charge in [0.25, 0.3) is 0 Å². The number of rotatable bonds is 10. The highest BCUT2D eigenvalue weighted by Gasteiger charge is 2.44. The number of esters is 2. The zero-order valence-corrected chi connectivity index (χ0v) is 32.4. The number of aryl methyl sites for hydroxylation is 1. The van der Waals surface area contributed by atoms with Crippen LogP contribution in [0.5, 0.6) is 5.75 Å². The summed E-state index contributed by atoms with van der Waals surface area (Å²) in [7, 11) is 2.75. The van der Waals surface area contributed by atoms with Gasteiger partial charge < -0.3 is 28.7 Å². The summed E-state index contributed by atoms with van der Waals surface area (Å²) in [5, 5.41) is 4.18. The van der Waals surface area contributed by atoms with Crippen LogP contribution in [0.4, 0.5) is 20.2 Å². The normalized spacial score (nSPS) is 17.6. The Kier molecular flexibility index (Phi) is 14.2. The molecule has 7 rings (SSSR count). The Hall–Kier alpha value is -5.34. The van der Waals surface area contributed by atoms with Crippen molar-refractivity contribution in [3.05, 3.63) is 136 Å². The van der Waals surface area contributed by atoms with Crippen LogP contribution in [0.1, 0.15) is 45.7 Å². The van der Waals surface area contributed by atoms with Crippen molar-refractivity contribution < 1.29 is 37.3 Å². The van der Waals surface area contributed by atoms with E-state index in [-0.39, 0.29) is 31.8 Å². The largest absolute Gasteiger partial charge is 0.493 e. The van der Waals surface area contributed by atoms with E-state index in [0.717, 1.165) is 59.4 Å². The molecule has 0 radical (unpaired) electrons. The van der Waals surface area contributed by atoms with E-state index in [0.29, 0.717) is 36.3 Å². The quantitative estimate of drug-likeness (QED) is 0.129. The molecule has 0 aliphatic carbocycles. The Balaban J connectivity index is 0.000000433. The van der Waals surface area contributed by atoms with Crippen molar-refractivity contribution in [2.75, 3.05) is 63.4 Å². The summed E-state index contributed by atoms with van der Waals surface area (Å²) in [6, 6.07) is 24.3. The number of methoxy groups -OCH3 is 2. The number of anilines is 2. The van der Waals surface area contributed by atoms with Crippen molar-refractivity contribution in [3.63, 3.8) is 0 Å². The van der Waals surface area contributed by atoms with Crippen LogP contribution >= 0.6 is 15.9 Å². The highest BCUT2D eigenvalue weighted by Crippen LogP contribution is 2.42. The third-order valence-electron chi connectivity index (χ3n) is 9.72. The van der Waals surface area contributed by atoms with Crippen LogP contribution in [-0.4, -0.2) is 80.3 Å². The lowest BCUT2D eigenvalue weighted by molar-refractivity contribution is -0.0206. The van der Waals surface area contributed by atoms with Crippen molar-refractivity contribution >= 4 is 39.2 Å². The molecule has 0 bridgehead atoms. The van der Waals surface area contributed by atoms with E-state index in [1.165, 1.54) is 32.7 Å². The van der Waals surface area contributed by atoms with Gasteiger partial charge in [-0.2, -0.15) is 5.10 Å². The molecule has 11 nitrogen and oxygen atoms in total. The van der Waals surface area contributed by atoms with E-state index in [2.05, 4.69) is 52.7 Å². The third kappa shape index (κ3) is 10.1. The Morgan fingerprint density at radius 1 is 0.857 bits per heavy atom. The van der Waals surface area contributed by atoms with Crippen molar-refractivity contribution in [1.29, 1.82) is 0 Å². The van der Waals surface area contributed by atoms with Crippen LogP contribution in [-0.2, 0) is 26.4 Å². The lowest BCUT2D eigenvalue weighted by Crippen LogP contribution is -2.46. The van der Waals surface area contributed by atoms with Gasteiger partial charge in [-0.1, -0.05) is 29.4 Å². The molecular weight excluding hydrogens is 788 g/mol. The maximum atomic E-state index is 14.9. The Morgan fingerprint density at radius 2 is 1.46 bits per heavy atom. The van der Waals surface area contributed by atoms with E-state index >= 15 is 0 Å². The van der Waals surface area contributed by atoms with Gasteiger partial charge in [-0.3, -0.25) is 0 Å². The molecule has 3 heterocycles. The summed E-state index contributed by atoms with van der Waals surface area (Å²) in [6.45, 7) is 6.52. The first-order valence-electron chi connectivity index (χ1n) is 17.7. The number of nitrogens with zero attached hydrogens (tertiary/aromatic N) is 5. The summed E-state index contributed by atoms with van der Waals surface area (Å²) in [5.41, 5.74) is 3.65. The van der Waals surface area contributed by atoms with E-state index in [9.17, 15) is 18.4 Å². The zero-order chi connectivity index (χ0) is 39.0. The monoisotopic (exact) mass is 833 g/mol. The van der Waals surface area contributed by atoms with Gasteiger partial charge in [0.05, 0.1) is 45.1 Å².